The molecule has 1 atom stereocenters. The second-order valence-corrected chi connectivity index (χ2v) is 5.26. The molecule has 3 rings (SSSR count). The maximum atomic E-state index is 12.8. The summed E-state index contributed by atoms with van der Waals surface area (Å²) in [6.07, 6.45) is 4.42. The molecule has 2 aromatic rings. The Bertz CT molecular complexity index is 631. The molecule has 1 unspecified atom stereocenters. The molecule has 2 aromatic heterocycles. The lowest BCUT2D eigenvalue weighted by atomic mass is 10.1. The average Bonchev–Trinajstić information content (AvgIpc) is 3.23. The molecular weight excluding hydrogens is 268 g/mol. The fourth-order valence-electron chi connectivity index (χ4n) is 2.87. The van der Waals surface area contributed by atoms with Crippen molar-refractivity contribution in [2.75, 3.05) is 6.54 Å². The number of rotatable bonds is 4. The molecule has 1 amide bonds. The van der Waals surface area contributed by atoms with Gasteiger partial charge in [0.2, 0.25) is 0 Å². The zero-order valence-electron chi connectivity index (χ0n) is 12.5. The van der Waals surface area contributed by atoms with Crippen LogP contribution >= 0.6 is 0 Å². The Morgan fingerprint density at radius 3 is 3.05 bits per heavy atom. The summed E-state index contributed by atoms with van der Waals surface area (Å²) in [5, 5.41) is 8.21. The predicted molar refractivity (Wildman–Crippen MR) is 76.8 cm³/mol. The van der Waals surface area contributed by atoms with Gasteiger partial charge < -0.3 is 9.42 Å². The van der Waals surface area contributed by atoms with E-state index in [0.717, 1.165) is 37.3 Å². The van der Waals surface area contributed by atoms with E-state index in [9.17, 15) is 4.79 Å². The normalized spacial score (nSPS) is 18.4. The van der Waals surface area contributed by atoms with Gasteiger partial charge >= 0.3 is 0 Å². The molecule has 0 aliphatic carbocycles. The number of aromatic nitrogens is 3. The average molecular weight is 288 g/mol. The molecule has 0 spiro atoms. The number of aryl methyl sites for hydroxylation is 2. The lowest BCUT2D eigenvalue weighted by Crippen LogP contribution is -2.32. The van der Waals surface area contributed by atoms with E-state index < -0.39 is 0 Å². The summed E-state index contributed by atoms with van der Waals surface area (Å²) in [4.78, 5) is 14.6. The fraction of sp³-hybridized carbons (Fsp3) is 0.533. The van der Waals surface area contributed by atoms with Gasteiger partial charge in [0.05, 0.1) is 11.7 Å². The summed E-state index contributed by atoms with van der Waals surface area (Å²) in [7, 11) is 0. The van der Waals surface area contributed by atoms with E-state index in [4.69, 9.17) is 4.52 Å². The highest BCUT2D eigenvalue weighted by Gasteiger charge is 2.34. The minimum absolute atomic E-state index is 0.00879. The third kappa shape index (κ3) is 2.46. The molecule has 1 aliphatic heterocycles. The van der Waals surface area contributed by atoms with Crippen LogP contribution in [0.4, 0.5) is 0 Å². The Balaban J connectivity index is 1.85. The topological polar surface area (TPSA) is 64.2 Å². The molecule has 1 aliphatic rings. The van der Waals surface area contributed by atoms with E-state index >= 15 is 0 Å². The minimum atomic E-state index is -0.00879. The predicted octanol–water partition coefficient (Wildman–Crippen LogP) is 2.43. The highest BCUT2D eigenvalue weighted by atomic mass is 16.5. The number of hydrogen-bond donors (Lipinski definition) is 0. The van der Waals surface area contributed by atoms with Crippen LogP contribution in [0.3, 0.4) is 0 Å². The first-order valence-corrected chi connectivity index (χ1v) is 7.52. The van der Waals surface area contributed by atoms with Gasteiger partial charge in [0.1, 0.15) is 5.69 Å². The van der Waals surface area contributed by atoms with Crippen LogP contribution in [0.2, 0.25) is 0 Å². The van der Waals surface area contributed by atoms with Crippen LogP contribution in [0, 0.1) is 0 Å². The second-order valence-electron chi connectivity index (χ2n) is 5.26. The van der Waals surface area contributed by atoms with Crippen molar-refractivity contribution in [3.8, 4) is 0 Å². The molecule has 6 nitrogen and oxygen atoms in total. The highest BCUT2D eigenvalue weighted by molar-refractivity contribution is 5.93. The van der Waals surface area contributed by atoms with Gasteiger partial charge in [-0.1, -0.05) is 12.1 Å². The van der Waals surface area contributed by atoms with Crippen molar-refractivity contribution >= 4 is 5.91 Å². The van der Waals surface area contributed by atoms with Gasteiger partial charge in [0.25, 0.3) is 5.91 Å². The smallest absolute Gasteiger partial charge is 0.272 e. The van der Waals surface area contributed by atoms with Crippen molar-refractivity contribution in [2.24, 2.45) is 0 Å². The standard InChI is InChI=1S/C15H20N4O2/c1-3-11-10-14(21-17-11)12-6-5-9-18(12)15(20)13-7-8-16-19(13)4-2/h7-8,10,12H,3-6,9H2,1-2H3. The summed E-state index contributed by atoms with van der Waals surface area (Å²) in [5.41, 5.74) is 1.57. The van der Waals surface area contributed by atoms with Crippen LogP contribution in [0.5, 0.6) is 0 Å². The summed E-state index contributed by atoms with van der Waals surface area (Å²) in [6.45, 7) is 5.46. The second kappa shape index (κ2) is 5.71. The van der Waals surface area contributed by atoms with E-state index in [1.54, 1.807) is 16.9 Å². The van der Waals surface area contributed by atoms with Gasteiger partial charge in [-0.25, -0.2) is 0 Å². The van der Waals surface area contributed by atoms with Gasteiger partial charge in [-0.2, -0.15) is 5.10 Å². The fourth-order valence-corrected chi connectivity index (χ4v) is 2.87. The molecule has 1 saturated heterocycles. The third-order valence-corrected chi connectivity index (χ3v) is 4.02. The molecule has 0 radical (unpaired) electrons. The molecule has 112 valence electrons. The van der Waals surface area contributed by atoms with Gasteiger partial charge in [-0.3, -0.25) is 9.48 Å². The first-order valence-electron chi connectivity index (χ1n) is 7.52. The molecule has 6 heteroatoms. The van der Waals surface area contributed by atoms with E-state index in [1.165, 1.54) is 0 Å². The molecule has 0 saturated carbocycles. The van der Waals surface area contributed by atoms with Crippen LogP contribution in [0.25, 0.3) is 0 Å². The molecule has 21 heavy (non-hydrogen) atoms. The molecule has 0 N–H and O–H groups in total. The maximum absolute atomic E-state index is 12.8. The first kappa shape index (κ1) is 13.9. The lowest BCUT2D eigenvalue weighted by molar-refractivity contribution is 0.0702. The number of carbonyl (C=O) groups is 1. The van der Waals surface area contributed by atoms with Gasteiger partial charge in [-0.15, -0.1) is 0 Å². The van der Waals surface area contributed by atoms with Crippen molar-refractivity contribution in [3.63, 3.8) is 0 Å². The third-order valence-electron chi connectivity index (χ3n) is 4.02. The maximum Gasteiger partial charge on any atom is 0.272 e. The van der Waals surface area contributed by atoms with Gasteiger partial charge in [-0.05, 0) is 32.3 Å². The molecule has 0 aromatic carbocycles. The van der Waals surface area contributed by atoms with E-state index in [0.29, 0.717) is 12.2 Å². The molecule has 1 fully saturated rings. The molecular formula is C15H20N4O2. The van der Waals surface area contributed by atoms with Crippen LogP contribution in [0.1, 0.15) is 54.7 Å². The quantitative estimate of drug-likeness (QED) is 0.866. The van der Waals surface area contributed by atoms with E-state index in [1.807, 2.05) is 24.8 Å². The van der Waals surface area contributed by atoms with Crippen molar-refractivity contribution < 1.29 is 9.32 Å². The summed E-state index contributed by atoms with van der Waals surface area (Å²) in [6, 6.07) is 3.73. The Morgan fingerprint density at radius 1 is 1.48 bits per heavy atom. The van der Waals surface area contributed by atoms with Crippen molar-refractivity contribution in [3.05, 3.63) is 35.5 Å². The Labute approximate surface area is 123 Å². The van der Waals surface area contributed by atoms with Crippen molar-refractivity contribution in [1.29, 1.82) is 0 Å². The number of hydrogen-bond acceptors (Lipinski definition) is 4. The Hall–Kier alpha value is -2.11. The van der Waals surface area contributed by atoms with Gasteiger partial charge in [0, 0.05) is 25.4 Å². The highest BCUT2D eigenvalue weighted by Crippen LogP contribution is 2.33. The summed E-state index contributed by atoms with van der Waals surface area (Å²) in [5.74, 6) is 0.812. The Kier molecular flexibility index (Phi) is 3.77. The number of nitrogens with zero attached hydrogens (tertiary/aromatic N) is 4. The van der Waals surface area contributed by atoms with E-state index in [2.05, 4.69) is 10.3 Å². The largest absolute Gasteiger partial charge is 0.359 e. The molecule has 3 heterocycles. The zero-order chi connectivity index (χ0) is 14.8. The van der Waals surface area contributed by atoms with Crippen LogP contribution in [0.15, 0.2) is 22.9 Å². The van der Waals surface area contributed by atoms with Crippen LogP contribution < -0.4 is 0 Å². The number of carbonyl (C=O) groups excluding carboxylic acids is 1. The van der Waals surface area contributed by atoms with Crippen molar-refractivity contribution in [1.82, 2.24) is 19.8 Å². The van der Waals surface area contributed by atoms with Crippen LogP contribution in [-0.2, 0) is 13.0 Å². The minimum Gasteiger partial charge on any atom is -0.359 e. The summed E-state index contributed by atoms with van der Waals surface area (Å²) < 4.78 is 7.16. The monoisotopic (exact) mass is 288 g/mol. The SMILES string of the molecule is CCc1cc(C2CCCN2C(=O)c2ccnn2CC)on1. The lowest BCUT2D eigenvalue weighted by Gasteiger charge is -2.22. The molecule has 0 bridgehead atoms. The Morgan fingerprint density at radius 2 is 2.33 bits per heavy atom. The van der Waals surface area contributed by atoms with E-state index in [-0.39, 0.29) is 11.9 Å². The summed E-state index contributed by atoms with van der Waals surface area (Å²) >= 11 is 0. The van der Waals surface area contributed by atoms with Crippen LogP contribution in [-0.4, -0.2) is 32.3 Å². The number of likely N-dealkylation sites (tertiary alicyclic amines) is 1. The number of amides is 1. The zero-order valence-corrected chi connectivity index (χ0v) is 12.5. The van der Waals surface area contributed by atoms with Crippen molar-refractivity contribution in [2.45, 2.75) is 45.7 Å². The van der Waals surface area contributed by atoms with Gasteiger partial charge in [0.15, 0.2) is 5.76 Å². The first-order chi connectivity index (χ1) is 10.2.